The van der Waals surface area contributed by atoms with Gasteiger partial charge in [-0.3, -0.25) is 0 Å². The molecule has 0 aromatic heterocycles. The van der Waals surface area contributed by atoms with Crippen molar-refractivity contribution in [3.63, 3.8) is 0 Å². The van der Waals surface area contributed by atoms with Crippen LogP contribution in [0.4, 0.5) is 0 Å². The summed E-state index contributed by atoms with van der Waals surface area (Å²) in [6.45, 7) is 2.43. The molecule has 0 aliphatic heterocycles. The maximum Gasteiger partial charge on any atom is 0.500 e. The van der Waals surface area contributed by atoms with E-state index in [0.717, 1.165) is 24.9 Å². The summed E-state index contributed by atoms with van der Waals surface area (Å²) in [6, 6.07) is 4.04. The largest absolute Gasteiger partial charge is 0.500 e. The van der Waals surface area contributed by atoms with Crippen LogP contribution < -0.4 is 0 Å². The Balaban J connectivity index is 4.70. The average Bonchev–Trinajstić information content (AvgIpc) is 2.63. The molecule has 0 amide bonds. The highest BCUT2D eigenvalue weighted by atomic mass is 28.4. The molecule has 0 aromatic carbocycles. The fourth-order valence-electron chi connectivity index (χ4n) is 3.06. The maximum atomic E-state index is 5.53. The molecule has 0 atom stereocenters. The number of hydrogen-bond donors (Lipinski definition) is 0. The van der Waals surface area contributed by atoms with Crippen molar-refractivity contribution >= 4 is 25.8 Å². The van der Waals surface area contributed by atoms with Crippen molar-refractivity contribution in [2.24, 2.45) is 0 Å². The quantitative estimate of drug-likeness (QED) is 0.383. The molecule has 0 bridgehead atoms. The van der Waals surface area contributed by atoms with E-state index in [4.69, 9.17) is 26.6 Å². The summed E-state index contributed by atoms with van der Waals surface area (Å²) in [5.41, 5.74) is 0. The molecule has 0 aromatic rings. The Morgan fingerprint density at radius 3 is 1.04 bits per heavy atom. The third-order valence-corrected chi connectivity index (χ3v) is 16.0. The molecule has 0 heterocycles. The fraction of sp³-hybridized carbons (Fsp3) is 1.00. The summed E-state index contributed by atoms with van der Waals surface area (Å²) in [5.74, 6) is 0. The van der Waals surface area contributed by atoms with Crippen LogP contribution in [0.15, 0.2) is 0 Å². The highest BCUT2D eigenvalue weighted by Gasteiger charge is 2.41. The number of rotatable bonds is 15. The van der Waals surface area contributed by atoms with E-state index in [2.05, 4.69) is 25.2 Å². The van der Waals surface area contributed by atoms with E-state index in [-0.39, 0.29) is 0 Å². The smallest absolute Gasteiger partial charge is 0.377 e. The van der Waals surface area contributed by atoms with E-state index in [1.807, 2.05) is 0 Å². The lowest BCUT2D eigenvalue weighted by Crippen LogP contribution is -2.48. The first-order valence-electron chi connectivity index (χ1n) is 8.71. The van der Waals surface area contributed by atoms with Crippen LogP contribution in [0.5, 0.6) is 0 Å². The minimum atomic E-state index is -2.48. The molecule has 0 spiro atoms. The van der Waals surface area contributed by atoms with E-state index in [1.54, 1.807) is 42.7 Å². The molecule has 0 aliphatic rings. The van der Waals surface area contributed by atoms with Crippen LogP contribution in [0.1, 0.15) is 12.8 Å². The Hall–Kier alpha value is 0.371. The van der Waals surface area contributed by atoms with Gasteiger partial charge >= 0.3 is 17.6 Å². The first-order valence-corrected chi connectivity index (χ1v) is 15.4. The summed E-state index contributed by atoms with van der Waals surface area (Å²) in [5, 5.41) is 0. The average molecular weight is 414 g/mol. The lowest BCUT2D eigenvalue weighted by atomic mass is 10.6. The van der Waals surface area contributed by atoms with Crippen LogP contribution in [-0.2, 0) is 26.6 Å². The maximum absolute atomic E-state index is 5.53. The Kier molecular flexibility index (Phi) is 12.1. The second-order valence-electron chi connectivity index (χ2n) is 6.69. The van der Waals surface area contributed by atoms with Crippen molar-refractivity contribution in [2.75, 3.05) is 56.8 Å². The van der Waals surface area contributed by atoms with Crippen LogP contribution in [0.25, 0.3) is 0 Å². The highest BCUT2D eigenvalue weighted by Crippen LogP contribution is 2.28. The van der Waals surface area contributed by atoms with Gasteiger partial charge in [-0.15, -0.1) is 0 Å². The van der Waals surface area contributed by atoms with Gasteiger partial charge in [-0.1, -0.05) is 19.4 Å². The summed E-state index contributed by atoms with van der Waals surface area (Å²) >= 11 is 0. The molecule has 0 fully saturated rings. The molecule has 0 saturated heterocycles. The zero-order chi connectivity index (χ0) is 19.6. The zero-order valence-corrected chi connectivity index (χ0v) is 20.6. The standard InChI is InChI=1S/C15H39NO6Si3/c1-16(2)23(9,12-10-14-24(17-3,18-4)19-5)13-11-15-25(20-6,21-7)22-8/h10-15H2,1-9H3. The minimum Gasteiger partial charge on any atom is -0.377 e. The molecular formula is C15H39NO6Si3. The van der Waals surface area contributed by atoms with Crippen molar-refractivity contribution in [3.05, 3.63) is 0 Å². The fourth-order valence-corrected chi connectivity index (χ4v) is 10.2. The van der Waals surface area contributed by atoms with Crippen LogP contribution in [-0.4, -0.2) is 87.2 Å². The number of nitrogens with zero attached hydrogens (tertiary/aromatic N) is 1. The van der Waals surface area contributed by atoms with Gasteiger partial charge in [0.15, 0.2) is 0 Å². The van der Waals surface area contributed by atoms with E-state index in [1.165, 1.54) is 12.1 Å². The molecule has 0 radical (unpaired) electrons. The van der Waals surface area contributed by atoms with Crippen LogP contribution in [0.2, 0.25) is 30.7 Å². The molecule has 0 aliphatic carbocycles. The zero-order valence-electron chi connectivity index (χ0n) is 17.6. The van der Waals surface area contributed by atoms with Crippen molar-refractivity contribution in [1.82, 2.24) is 4.57 Å². The Labute approximate surface area is 157 Å². The van der Waals surface area contributed by atoms with E-state index >= 15 is 0 Å². The Morgan fingerprint density at radius 2 is 0.840 bits per heavy atom. The molecule has 0 N–H and O–H groups in total. The highest BCUT2D eigenvalue weighted by molar-refractivity contribution is 6.76. The Morgan fingerprint density at radius 1 is 0.560 bits per heavy atom. The van der Waals surface area contributed by atoms with Gasteiger partial charge in [0.05, 0.1) is 0 Å². The molecule has 0 saturated carbocycles. The molecule has 25 heavy (non-hydrogen) atoms. The van der Waals surface area contributed by atoms with Gasteiger partial charge in [0, 0.05) is 54.7 Å². The SMILES string of the molecule is CO[Si](CCC[Si](C)(CCC[Si](OC)(OC)OC)N(C)C)(OC)OC. The van der Waals surface area contributed by atoms with E-state index in [9.17, 15) is 0 Å². The van der Waals surface area contributed by atoms with Gasteiger partial charge < -0.3 is 31.1 Å². The predicted octanol–water partition coefficient (Wildman–Crippen LogP) is 2.66. The van der Waals surface area contributed by atoms with Gasteiger partial charge in [-0.25, -0.2) is 0 Å². The molecule has 152 valence electrons. The monoisotopic (exact) mass is 413 g/mol. The third-order valence-electron chi connectivity index (χ3n) is 5.34. The minimum absolute atomic E-state index is 0.847. The van der Waals surface area contributed by atoms with Crippen molar-refractivity contribution in [2.45, 2.75) is 43.6 Å². The van der Waals surface area contributed by atoms with Gasteiger partial charge in [0.1, 0.15) is 8.24 Å². The lowest BCUT2D eigenvalue weighted by Gasteiger charge is -2.36. The second kappa shape index (κ2) is 12.0. The van der Waals surface area contributed by atoms with Crippen molar-refractivity contribution in [3.8, 4) is 0 Å². The van der Waals surface area contributed by atoms with E-state index < -0.39 is 25.8 Å². The van der Waals surface area contributed by atoms with E-state index in [0.29, 0.717) is 0 Å². The summed E-state index contributed by atoms with van der Waals surface area (Å²) in [4.78, 5) is 0. The molecule has 0 rings (SSSR count). The molecule has 0 unspecified atom stereocenters. The topological polar surface area (TPSA) is 58.6 Å². The summed E-state index contributed by atoms with van der Waals surface area (Å²) < 4.78 is 35.6. The molecule has 7 nitrogen and oxygen atoms in total. The lowest BCUT2D eigenvalue weighted by molar-refractivity contribution is 0.123. The molecular weight excluding hydrogens is 374 g/mol. The van der Waals surface area contributed by atoms with Gasteiger partial charge in [-0.05, 0) is 26.2 Å². The van der Waals surface area contributed by atoms with Crippen LogP contribution in [0.3, 0.4) is 0 Å². The Bertz CT molecular complexity index is 312. The first kappa shape index (κ1) is 25.4. The van der Waals surface area contributed by atoms with Gasteiger partial charge in [0.2, 0.25) is 0 Å². The van der Waals surface area contributed by atoms with Gasteiger partial charge in [-0.2, -0.15) is 0 Å². The first-order chi connectivity index (χ1) is 11.7. The van der Waals surface area contributed by atoms with Crippen molar-refractivity contribution < 1.29 is 26.6 Å². The summed E-state index contributed by atoms with van der Waals surface area (Å²) in [7, 11) is 7.90. The third kappa shape index (κ3) is 7.48. The van der Waals surface area contributed by atoms with Crippen molar-refractivity contribution in [1.29, 1.82) is 0 Å². The summed E-state index contributed by atoms with van der Waals surface area (Å²) in [6.07, 6.45) is 2.09. The predicted molar refractivity (Wildman–Crippen MR) is 107 cm³/mol. The van der Waals surface area contributed by atoms with Crippen LogP contribution in [0, 0.1) is 0 Å². The second-order valence-corrected chi connectivity index (χ2v) is 17.8. The number of hydrogen-bond acceptors (Lipinski definition) is 7. The van der Waals surface area contributed by atoms with Crippen LogP contribution >= 0.6 is 0 Å². The molecule has 10 heteroatoms. The normalized spacial score (nSPS) is 13.7. The van der Waals surface area contributed by atoms with Gasteiger partial charge in [0.25, 0.3) is 0 Å².